The Kier molecular flexibility index (Phi) is 11.4. The Morgan fingerprint density at radius 1 is 0.844 bits per heavy atom. The van der Waals surface area contributed by atoms with E-state index in [1.165, 1.54) is 35.2 Å². The number of sulfonamides is 1. The van der Waals surface area contributed by atoms with Gasteiger partial charge in [0.05, 0.1) is 15.6 Å². The van der Waals surface area contributed by atoms with Crippen molar-refractivity contribution >= 4 is 66.7 Å². The number of nitrogens with one attached hydrogen (secondary N) is 1. The molecular weight excluding hydrogens is 697 g/mol. The fourth-order valence-electron chi connectivity index (χ4n) is 4.71. The lowest BCUT2D eigenvalue weighted by atomic mass is 10.0. The molecule has 0 unspecified atom stereocenters. The van der Waals surface area contributed by atoms with Crippen molar-refractivity contribution in [2.45, 2.75) is 50.2 Å². The van der Waals surface area contributed by atoms with Gasteiger partial charge in [-0.1, -0.05) is 99.8 Å². The highest BCUT2D eigenvalue weighted by Crippen LogP contribution is 2.33. The molecule has 0 radical (unpaired) electrons. The van der Waals surface area contributed by atoms with E-state index in [4.69, 9.17) is 23.2 Å². The summed E-state index contributed by atoms with van der Waals surface area (Å²) >= 11 is 16.1. The Hall–Kier alpha value is -3.37. The van der Waals surface area contributed by atoms with Crippen LogP contribution in [-0.4, -0.2) is 43.3 Å². The Bertz CT molecular complexity index is 1730. The number of carbonyl (C=O) groups excluding carboxylic acids is 2. The van der Waals surface area contributed by atoms with Gasteiger partial charge in [-0.3, -0.25) is 13.9 Å². The minimum absolute atomic E-state index is 0.0189. The van der Waals surface area contributed by atoms with Gasteiger partial charge < -0.3 is 10.2 Å². The molecule has 7 nitrogen and oxygen atoms in total. The van der Waals surface area contributed by atoms with Crippen LogP contribution < -0.4 is 9.62 Å². The third kappa shape index (κ3) is 9.33. The summed E-state index contributed by atoms with van der Waals surface area (Å²) in [6.07, 6.45) is 0.207. The van der Waals surface area contributed by atoms with Gasteiger partial charge in [0.15, 0.2) is 0 Å². The van der Waals surface area contributed by atoms with Crippen LogP contribution in [0.2, 0.25) is 10.0 Å². The van der Waals surface area contributed by atoms with E-state index in [0.717, 1.165) is 19.9 Å². The Labute approximate surface area is 283 Å². The van der Waals surface area contributed by atoms with Crippen LogP contribution in [-0.2, 0) is 32.6 Å². The largest absolute Gasteiger partial charge is 0.350 e. The van der Waals surface area contributed by atoms with Crippen LogP contribution >= 0.6 is 39.1 Å². The predicted octanol–water partition coefficient (Wildman–Crippen LogP) is 7.51. The van der Waals surface area contributed by atoms with Gasteiger partial charge in [-0.2, -0.15) is 0 Å². The zero-order valence-electron chi connectivity index (χ0n) is 25.1. The van der Waals surface area contributed by atoms with Crippen molar-refractivity contribution in [1.82, 2.24) is 10.2 Å². The normalized spacial score (nSPS) is 12.3. The molecule has 2 amide bonds. The molecule has 0 spiro atoms. The van der Waals surface area contributed by atoms with E-state index in [1.807, 2.05) is 75.4 Å². The fraction of sp³-hybridized carbons (Fsp3) is 0.235. The zero-order valence-corrected chi connectivity index (χ0v) is 29.0. The van der Waals surface area contributed by atoms with Crippen LogP contribution in [0.3, 0.4) is 0 Å². The molecule has 4 rings (SSSR count). The van der Waals surface area contributed by atoms with E-state index in [9.17, 15) is 18.0 Å². The second-order valence-corrected chi connectivity index (χ2v) is 15.1. The summed E-state index contributed by atoms with van der Waals surface area (Å²) in [7, 11) is -4.28. The molecule has 45 heavy (non-hydrogen) atoms. The lowest BCUT2D eigenvalue weighted by Gasteiger charge is -2.35. The molecular formula is C34H34BrCl2N3O4S. The molecule has 0 fully saturated rings. The monoisotopic (exact) mass is 729 g/mol. The molecule has 0 heterocycles. The first kappa shape index (κ1) is 34.5. The number of carbonyl (C=O) groups is 2. The highest BCUT2D eigenvalue weighted by Gasteiger charge is 2.36. The Morgan fingerprint density at radius 2 is 1.44 bits per heavy atom. The van der Waals surface area contributed by atoms with Gasteiger partial charge in [0.1, 0.15) is 12.6 Å². The number of hydrogen-bond donors (Lipinski definition) is 1. The molecule has 236 valence electrons. The van der Waals surface area contributed by atoms with Crippen molar-refractivity contribution < 1.29 is 18.0 Å². The maximum absolute atomic E-state index is 14.5. The van der Waals surface area contributed by atoms with Crippen LogP contribution in [0, 0.1) is 0 Å². The summed E-state index contributed by atoms with van der Waals surface area (Å²) < 4.78 is 30.0. The molecule has 1 atom stereocenters. The van der Waals surface area contributed by atoms with E-state index in [-0.39, 0.29) is 34.5 Å². The maximum Gasteiger partial charge on any atom is 0.264 e. The number of amides is 2. The number of rotatable bonds is 11. The highest BCUT2D eigenvalue weighted by atomic mass is 79.9. The van der Waals surface area contributed by atoms with Crippen LogP contribution in [0.15, 0.2) is 112 Å². The zero-order chi connectivity index (χ0) is 32.8. The lowest BCUT2D eigenvalue weighted by Crippen LogP contribution is -2.56. The first-order chi connectivity index (χ1) is 21.2. The van der Waals surface area contributed by atoms with Crippen LogP contribution in [0.1, 0.15) is 31.9 Å². The molecule has 0 aliphatic rings. The van der Waals surface area contributed by atoms with Gasteiger partial charge >= 0.3 is 0 Å². The third-order valence-corrected chi connectivity index (χ3v) is 9.66. The Morgan fingerprint density at radius 3 is 2.02 bits per heavy atom. The van der Waals surface area contributed by atoms with Gasteiger partial charge in [-0.05, 0) is 74.4 Å². The average molecular weight is 732 g/mol. The molecule has 0 aliphatic carbocycles. The SMILES string of the molecule is CC(C)(C)NC(=O)[C@@H](Cc1ccccc1)N(Cc1ccc(Br)cc1)C(=O)CN(c1ccc(Cl)cc1Cl)S(=O)(=O)c1ccccc1. The summed E-state index contributed by atoms with van der Waals surface area (Å²) in [6, 6.07) is 28.0. The van der Waals surface area contributed by atoms with E-state index < -0.39 is 34.1 Å². The Balaban J connectivity index is 1.83. The lowest BCUT2D eigenvalue weighted by molar-refractivity contribution is -0.140. The third-order valence-electron chi connectivity index (χ3n) is 6.82. The van der Waals surface area contributed by atoms with E-state index in [0.29, 0.717) is 5.02 Å². The van der Waals surface area contributed by atoms with Gasteiger partial charge in [0.25, 0.3) is 10.0 Å². The summed E-state index contributed by atoms with van der Waals surface area (Å²) in [5, 5.41) is 3.39. The van der Waals surface area contributed by atoms with Gasteiger partial charge in [0.2, 0.25) is 11.8 Å². The van der Waals surface area contributed by atoms with Crippen molar-refractivity contribution in [3.05, 3.63) is 129 Å². The standard InChI is InChI=1S/C34H34BrCl2N3O4S/c1-34(2,3)38-33(42)31(20-24-10-6-4-7-11-24)39(22-25-14-16-26(35)17-15-25)32(41)23-40(30-19-18-27(36)21-29(30)37)45(43,44)28-12-8-5-9-13-28/h4-19,21,31H,20,22-23H2,1-3H3,(H,38,42)/t31-/m1/s1. The van der Waals surface area contributed by atoms with Crippen LogP contribution in [0.4, 0.5) is 5.69 Å². The number of hydrogen-bond acceptors (Lipinski definition) is 4. The molecule has 0 saturated carbocycles. The first-order valence-corrected chi connectivity index (χ1v) is 17.2. The minimum Gasteiger partial charge on any atom is -0.350 e. The summed E-state index contributed by atoms with van der Waals surface area (Å²) in [4.78, 5) is 29.9. The molecule has 1 N–H and O–H groups in total. The number of nitrogens with zero attached hydrogens (tertiary/aromatic N) is 2. The van der Waals surface area contributed by atoms with E-state index in [1.54, 1.807) is 18.2 Å². The average Bonchev–Trinajstić information content (AvgIpc) is 2.99. The van der Waals surface area contributed by atoms with Crippen molar-refractivity contribution in [3.63, 3.8) is 0 Å². The highest BCUT2D eigenvalue weighted by molar-refractivity contribution is 9.10. The minimum atomic E-state index is -4.28. The second-order valence-electron chi connectivity index (χ2n) is 11.5. The molecule has 0 aliphatic heterocycles. The van der Waals surface area contributed by atoms with Gasteiger partial charge in [-0.25, -0.2) is 8.42 Å². The summed E-state index contributed by atoms with van der Waals surface area (Å²) in [5.74, 6) is -0.952. The maximum atomic E-state index is 14.5. The van der Waals surface area contributed by atoms with Crippen LogP contribution in [0.25, 0.3) is 0 Å². The molecule has 0 aromatic heterocycles. The molecule has 4 aromatic rings. The van der Waals surface area contributed by atoms with Crippen molar-refractivity contribution in [2.75, 3.05) is 10.8 Å². The van der Waals surface area contributed by atoms with Crippen molar-refractivity contribution in [1.29, 1.82) is 0 Å². The molecule has 11 heteroatoms. The molecule has 4 aromatic carbocycles. The number of anilines is 1. The van der Waals surface area contributed by atoms with E-state index in [2.05, 4.69) is 21.2 Å². The fourth-order valence-corrected chi connectivity index (χ4v) is 6.99. The topological polar surface area (TPSA) is 86.8 Å². The van der Waals surface area contributed by atoms with Gasteiger partial charge in [-0.15, -0.1) is 0 Å². The number of benzene rings is 4. The van der Waals surface area contributed by atoms with Gasteiger partial charge in [0, 0.05) is 28.0 Å². The quantitative estimate of drug-likeness (QED) is 0.173. The summed E-state index contributed by atoms with van der Waals surface area (Å²) in [5.41, 5.74) is 1.10. The van der Waals surface area contributed by atoms with Crippen molar-refractivity contribution in [3.8, 4) is 0 Å². The molecule has 0 bridgehead atoms. The predicted molar refractivity (Wildman–Crippen MR) is 184 cm³/mol. The first-order valence-electron chi connectivity index (χ1n) is 14.2. The smallest absolute Gasteiger partial charge is 0.264 e. The van der Waals surface area contributed by atoms with Crippen LogP contribution in [0.5, 0.6) is 0 Å². The second kappa shape index (κ2) is 14.8. The summed E-state index contributed by atoms with van der Waals surface area (Å²) in [6.45, 7) is 5.02. The number of halogens is 3. The van der Waals surface area contributed by atoms with E-state index >= 15 is 0 Å². The molecule has 0 saturated heterocycles. The van der Waals surface area contributed by atoms with Crippen molar-refractivity contribution in [2.24, 2.45) is 0 Å².